The van der Waals surface area contributed by atoms with E-state index in [1.165, 1.54) is 12.1 Å². The van der Waals surface area contributed by atoms with Gasteiger partial charge in [0.1, 0.15) is 18.1 Å². The van der Waals surface area contributed by atoms with Crippen molar-refractivity contribution in [2.45, 2.75) is 50.4 Å². The number of hydrogen-bond acceptors (Lipinski definition) is 8. The average molecular weight is 517 g/mol. The number of alkyl halides is 2. The van der Waals surface area contributed by atoms with Crippen LogP contribution in [0.1, 0.15) is 42.6 Å². The zero-order valence-electron chi connectivity index (χ0n) is 21.1. The van der Waals surface area contributed by atoms with Crippen molar-refractivity contribution in [3.63, 3.8) is 0 Å². The summed E-state index contributed by atoms with van der Waals surface area (Å²) in [7, 11) is 3.86. The standard InChI is InChI=1S/C26H31F3N6O2/c1-15(19-5-4-6-21(23(19)27)26(28,29)14-36)31-25-20-9-18(35-16-7-8-17(35)13-37-12-16)10-30-24(20)22(32-33-25)11-34(2)3/h4-6,9-10,15-17,36H,7-8,11-14H2,1-3H3,(H,31,33)/t15-,16?,17?/m1/s1. The van der Waals surface area contributed by atoms with Gasteiger partial charge in [-0.25, -0.2) is 4.39 Å². The number of ether oxygens (including phenoxy) is 1. The minimum Gasteiger partial charge on any atom is -0.390 e. The van der Waals surface area contributed by atoms with Gasteiger partial charge in [-0.05, 0) is 46.0 Å². The molecule has 2 fully saturated rings. The molecule has 2 N–H and O–H groups in total. The Morgan fingerprint density at radius 3 is 2.62 bits per heavy atom. The molecule has 37 heavy (non-hydrogen) atoms. The quantitative estimate of drug-likeness (QED) is 0.467. The summed E-state index contributed by atoms with van der Waals surface area (Å²) in [6.07, 6.45) is 3.96. The number of aliphatic hydroxyl groups excluding tert-OH is 1. The first-order chi connectivity index (χ1) is 17.7. The molecule has 0 radical (unpaired) electrons. The van der Waals surface area contributed by atoms with Gasteiger partial charge in [0.25, 0.3) is 5.92 Å². The molecule has 1 aromatic carbocycles. The molecule has 198 valence electrons. The highest BCUT2D eigenvalue weighted by Crippen LogP contribution is 2.37. The highest BCUT2D eigenvalue weighted by Gasteiger charge is 2.38. The number of aromatic nitrogens is 3. The monoisotopic (exact) mass is 516 g/mol. The van der Waals surface area contributed by atoms with Crippen molar-refractivity contribution < 1.29 is 23.0 Å². The van der Waals surface area contributed by atoms with Gasteiger partial charge in [-0.1, -0.05) is 12.1 Å². The molecular weight excluding hydrogens is 485 g/mol. The molecule has 2 saturated heterocycles. The molecule has 11 heteroatoms. The number of halogens is 3. The third kappa shape index (κ3) is 4.83. The highest BCUT2D eigenvalue weighted by molar-refractivity contribution is 5.92. The van der Waals surface area contributed by atoms with Gasteiger partial charge in [0, 0.05) is 17.5 Å². The van der Waals surface area contributed by atoms with E-state index in [9.17, 15) is 8.78 Å². The number of morpholine rings is 1. The number of pyridine rings is 1. The summed E-state index contributed by atoms with van der Waals surface area (Å²) in [5, 5.41) is 21.7. The third-order valence-electron chi connectivity index (χ3n) is 7.12. The van der Waals surface area contributed by atoms with Gasteiger partial charge in [-0.2, -0.15) is 8.78 Å². The molecule has 8 nitrogen and oxygen atoms in total. The molecule has 0 aliphatic carbocycles. The Balaban J connectivity index is 1.54. The molecule has 2 unspecified atom stereocenters. The van der Waals surface area contributed by atoms with Crippen molar-refractivity contribution in [1.29, 1.82) is 0 Å². The lowest BCUT2D eigenvalue weighted by atomic mass is 10.00. The smallest absolute Gasteiger partial charge is 0.298 e. The van der Waals surface area contributed by atoms with Gasteiger partial charge in [0.05, 0.1) is 54.3 Å². The van der Waals surface area contributed by atoms with Gasteiger partial charge >= 0.3 is 0 Å². The lowest BCUT2D eigenvalue weighted by Crippen LogP contribution is -2.46. The van der Waals surface area contributed by atoms with Crippen LogP contribution >= 0.6 is 0 Å². The number of fused-ring (bicyclic) bond motifs is 3. The van der Waals surface area contributed by atoms with Crippen LogP contribution in [-0.4, -0.2) is 71.2 Å². The van der Waals surface area contributed by atoms with Gasteiger partial charge in [0.15, 0.2) is 5.82 Å². The molecule has 2 aliphatic rings. The fraction of sp³-hybridized carbons (Fsp3) is 0.500. The predicted octanol–water partition coefficient (Wildman–Crippen LogP) is 3.85. The molecule has 0 spiro atoms. The van der Waals surface area contributed by atoms with E-state index in [1.807, 2.05) is 31.3 Å². The minimum atomic E-state index is -3.68. The number of nitrogens with zero attached hydrogens (tertiary/aromatic N) is 5. The largest absolute Gasteiger partial charge is 0.390 e. The van der Waals surface area contributed by atoms with Crippen LogP contribution in [0.25, 0.3) is 10.9 Å². The molecule has 5 rings (SSSR count). The second-order valence-corrected chi connectivity index (χ2v) is 10.1. The summed E-state index contributed by atoms with van der Waals surface area (Å²) in [5.41, 5.74) is 1.52. The molecule has 2 aliphatic heterocycles. The van der Waals surface area contributed by atoms with Gasteiger partial charge in [-0.15, -0.1) is 10.2 Å². The first kappa shape index (κ1) is 25.6. The number of nitrogens with one attached hydrogen (secondary N) is 1. The van der Waals surface area contributed by atoms with Gasteiger partial charge in [0.2, 0.25) is 0 Å². The molecular formula is C26H31F3N6O2. The van der Waals surface area contributed by atoms with Crippen molar-refractivity contribution in [2.24, 2.45) is 0 Å². The maximum atomic E-state index is 15.1. The Hall–Kier alpha value is -3.02. The van der Waals surface area contributed by atoms with E-state index in [0.29, 0.717) is 36.8 Å². The normalized spacial score (nSPS) is 20.6. The van der Waals surface area contributed by atoms with E-state index in [4.69, 9.17) is 14.8 Å². The summed E-state index contributed by atoms with van der Waals surface area (Å²) < 4.78 is 49.1. The van der Waals surface area contributed by atoms with Crippen LogP contribution in [-0.2, 0) is 17.2 Å². The van der Waals surface area contributed by atoms with Crippen LogP contribution in [0, 0.1) is 5.82 Å². The fourth-order valence-corrected chi connectivity index (χ4v) is 5.31. The van der Waals surface area contributed by atoms with Crippen LogP contribution < -0.4 is 10.2 Å². The second-order valence-electron chi connectivity index (χ2n) is 10.1. The van der Waals surface area contributed by atoms with E-state index in [2.05, 4.69) is 20.4 Å². The van der Waals surface area contributed by atoms with Crippen molar-refractivity contribution in [3.05, 3.63) is 53.1 Å². The number of benzene rings is 1. The summed E-state index contributed by atoms with van der Waals surface area (Å²) in [4.78, 5) is 9.10. The Morgan fingerprint density at radius 2 is 1.95 bits per heavy atom. The van der Waals surface area contributed by atoms with Crippen molar-refractivity contribution >= 4 is 22.4 Å². The Bertz CT molecular complexity index is 1270. The van der Waals surface area contributed by atoms with Gasteiger partial charge in [-0.3, -0.25) is 4.98 Å². The fourth-order valence-electron chi connectivity index (χ4n) is 5.31. The molecule has 4 heterocycles. The van der Waals surface area contributed by atoms with E-state index in [1.54, 1.807) is 6.92 Å². The molecule has 3 atom stereocenters. The zero-order chi connectivity index (χ0) is 26.3. The van der Waals surface area contributed by atoms with Crippen LogP contribution in [0.15, 0.2) is 30.5 Å². The Morgan fingerprint density at radius 1 is 1.22 bits per heavy atom. The number of anilines is 2. The first-order valence-electron chi connectivity index (χ1n) is 12.4. The first-order valence-corrected chi connectivity index (χ1v) is 12.4. The lowest BCUT2D eigenvalue weighted by Gasteiger charge is -2.36. The summed E-state index contributed by atoms with van der Waals surface area (Å²) in [6.45, 7) is 2.06. The van der Waals surface area contributed by atoms with E-state index in [-0.39, 0.29) is 17.6 Å². The van der Waals surface area contributed by atoms with E-state index in [0.717, 1.165) is 30.0 Å². The number of aliphatic hydroxyl groups is 1. The van der Waals surface area contributed by atoms with E-state index >= 15 is 4.39 Å². The Kier molecular flexibility index (Phi) is 6.95. The molecule has 3 aromatic rings. The average Bonchev–Trinajstić information content (AvgIpc) is 3.12. The number of rotatable bonds is 8. The van der Waals surface area contributed by atoms with Crippen LogP contribution in [0.2, 0.25) is 0 Å². The van der Waals surface area contributed by atoms with Crippen LogP contribution in [0.5, 0.6) is 0 Å². The summed E-state index contributed by atoms with van der Waals surface area (Å²) in [6, 6.07) is 5.66. The van der Waals surface area contributed by atoms with Gasteiger partial charge < -0.3 is 25.0 Å². The van der Waals surface area contributed by atoms with Crippen LogP contribution in [0.3, 0.4) is 0 Å². The Labute approximate surface area is 213 Å². The van der Waals surface area contributed by atoms with Crippen LogP contribution in [0.4, 0.5) is 24.7 Å². The second kappa shape index (κ2) is 10.0. The third-order valence-corrected chi connectivity index (χ3v) is 7.12. The summed E-state index contributed by atoms with van der Waals surface area (Å²) >= 11 is 0. The number of hydrogen-bond donors (Lipinski definition) is 2. The lowest BCUT2D eigenvalue weighted by molar-refractivity contribution is -0.0583. The molecule has 2 aromatic heterocycles. The topological polar surface area (TPSA) is 86.6 Å². The van der Waals surface area contributed by atoms with Crippen molar-refractivity contribution in [2.75, 3.05) is 44.1 Å². The van der Waals surface area contributed by atoms with Crippen molar-refractivity contribution in [3.8, 4) is 0 Å². The predicted molar refractivity (Wildman–Crippen MR) is 134 cm³/mol. The maximum absolute atomic E-state index is 15.1. The SMILES string of the molecule is C[C@@H](Nc1nnc(CN(C)C)c2ncc(N3C4CCC3COC4)cc12)c1cccc(C(F)(F)CO)c1F. The van der Waals surface area contributed by atoms with Crippen molar-refractivity contribution in [1.82, 2.24) is 20.1 Å². The molecule has 0 saturated carbocycles. The minimum absolute atomic E-state index is 0.0354. The molecule has 0 amide bonds. The van der Waals surface area contributed by atoms with E-state index < -0.39 is 30.0 Å². The maximum Gasteiger partial charge on any atom is 0.298 e. The molecule has 2 bridgehead atoms. The highest BCUT2D eigenvalue weighted by atomic mass is 19.3. The zero-order valence-corrected chi connectivity index (χ0v) is 21.1. The summed E-state index contributed by atoms with van der Waals surface area (Å²) in [5.74, 6) is -4.36.